The number of carbonyl (C=O) groups excluding carboxylic acids is 1. The number of ether oxygens (including phenoxy) is 5. The smallest absolute Gasteiger partial charge is 0.239 e. The summed E-state index contributed by atoms with van der Waals surface area (Å²) in [5, 5.41) is 25.3. The van der Waals surface area contributed by atoms with Crippen LogP contribution in [0.5, 0.6) is 28.7 Å². The van der Waals surface area contributed by atoms with Crippen molar-refractivity contribution in [1.82, 2.24) is 4.90 Å². The zero-order valence-electron chi connectivity index (χ0n) is 43.2. The van der Waals surface area contributed by atoms with Gasteiger partial charge in [-0.05, 0) is 121 Å². The van der Waals surface area contributed by atoms with Crippen LogP contribution >= 0.6 is 11.8 Å². The molecule has 0 bridgehead atoms. The number of allylic oxidation sites excluding steroid dienone is 1. The molecule has 1 amide bonds. The number of unbranched alkanes of at least 4 members (excludes halogenated alkanes) is 10. The Balaban J connectivity index is 1.27. The van der Waals surface area contributed by atoms with E-state index in [-0.39, 0.29) is 63.4 Å². The van der Waals surface area contributed by atoms with Crippen molar-refractivity contribution in [1.29, 1.82) is 0 Å². The summed E-state index contributed by atoms with van der Waals surface area (Å²) in [5.74, 6) is 1.54. The zero-order chi connectivity index (χ0) is 50.8. The molecule has 12 heteroatoms. The molecule has 73 heavy (non-hydrogen) atoms. The quantitative estimate of drug-likeness (QED) is 0.0225. The highest BCUT2D eigenvalue weighted by atomic mass is 32.2. The van der Waals surface area contributed by atoms with Crippen molar-refractivity contribution < 1.29 is 43.5 Å². The summed E-state index contributed by atoms with van der Waals surface area (Å²) >= 11 is 1.69. The van der Waals surface area contributed by atoms with Gasteiger partial charge in [0.1, 0.15) is 29.9 Å². The summed E-state index contributed by atoms with van der Waals surface area (Å²) in [5.41, 5.74) is 4.65. The Bertz CT molecular complexity index is 2450. The van der Waals surface area contributed by atoms with Crippen LogP contribution in [0.15, 0.2) is 125 Å². The van der Waals surface area contributed by atoms with Crippen LogP contribution < -0.4 is 18.9 Å². The summed E-state index contributed by atoms with van der Waals surface area (Å²) in [6.45, 7) is 7.47. The van der Waals surface area contributed by atoms with Crippen LogP contribution in [0.1, 0.15) is 139 Å². The Labute approximate surface area is 438 Å². The fourth-order valence-corrected chi connectivity index (χ4v) is 12.0. The number of hydrogen-bond acceptors (Lipinski definition) is 11. The monoisotopic (exact) mass is 1010 g/mol. The summed E-state index contributed by atoms with van der Waals surface area (Å²) in [4.78, 5) is 25.0. The third-order valence-electron chi connectivity index (χ3n) is 15.2. The number of oxime groups is 1. The second-order valence-electron chi connectivity index (χ2n) is 20.1. The van der Waals surface area contributed by atoms with E-state index in [1.807, 2.05) is 77.7 Å². The molecule has 4 aliphatic rings. The van der Waals surface area contributed by atoms with Crippen molar-refractivity contribution >= 4 is 23.4 Å². The first-order valence-corrected chi connectivity index (χ1v) is 28.4. The van der Waals surface area contributed by atoms with Gasteiger partial charge in [-0.2, -0.15) is 0 Å². The number of thioether (sulfide) groups is 1. The van der Waals surface area contributed by atoms with Crippen LogP contribution in [0.25, 0.3) is 0 Å². The van der Waals surface area contributed by atoms with Crippen molar-refractivity contribution in [3.63, 3.8) is 0 Å². The van der Waals surface area contributed by atoms with E-state index < -0.39 is 17.7 Å². The van der Waals surface area contributed by atoms with Gasteiger partial charge in [-0.25, -0.2) is 0 Å². The number of nitrogens with zero attached hydrogens (tertiary/aromatic N) is 2. The highest BCUT2D eigenvalue weighted by Crippen LogP contribution is 2.62. The van der Waals surface area contributed by atoms with E-state index in [9.17, 15) is 10.2 Å². The SMILES string of the molecule is C=CCOC12Oc3ccc(Oc4ccc(SC)cc4)cc3C3C(CCCCO)C(CCCCO)C=C(C(=NOCc4ccccc4)CC1N(Cc1ccc4c(c1)OCO4)C(=O)CCCCCCCCCCC)C32. The van der Waals surface area contributed by atoms with E-state index in [2.05, 4.69) is 44.0 Å². The van der Waals surface area contributed by atoms with Gasteiger partial charge in [0.25, 0.3) is 0 Å². The van der Waals surface area contributed by atoms with Gasteiger partial charge < -0.3 is 43.6 Å². The Kier molecular flexibility index (Phi) is 20.2. The van der Waals surface area contributed by atoms with Crippen molar-refractivity contribution in [3.8, 4) is 28.7 Å². The largest absolute Gasteiger partial charge is 0.459 e. The molecule has 1 saturated carbocycles. The number of fused-ring (bicyclic) bond motifs is 3. The van der Waals surface area contributed by atoms with Crippen molar-refractivity contribution in [3.05, 3.63) is 132 Å². The number of amides is 1. The van der Waals surface area contributed by atoms with E-state index in [1.165, 1.54) is 38.5 Å². The molecule has 0 radical (unpaired) electrons. The molecular weight excluding hydrogens is 937 g/mol. The van der Waals surface area contributed by atoms with Gasteiger partial charge in [0.05, 0.1) is 18.2 Å². The molecule has 0 spiro atoms. The summed E-state index contributed by atoms with van der Waals surface area (Å²) in [7, 11) is 0. The van der Waals surface area contributed by atoms with Gasteiger partial charge in [-0.1, -0.05) is 125 Å². The lowest BCUT2D eigenvalue weighted by Crippen LogP contribution is -2.70. The summed E-state index contributed by atoms with van der Waals surface area (Å²) in [6, 6.07) is 29.5. The third-order valence-corrected chi connectivity index (χ3v) is 15.9. The van der Waals surface area contributed by atoms with Crippen LogP contribution in [0.4, 0.5) is 0 Å². The lowest BCUT2D eigenvalue weighted by Gasteiger charge is -2.60. The number of aliphatic hydroxyl groups excluding tert-OH is 2. The first-order valence-electron chi connectivity index (χ1n) is 27.1. The lowest BCUT2D eigenvalue weighted by molar-refractivity contribution is -0.258. The van der Waals surface area contributed by atoms with Crippen molar-refractivity contribution in [2.24, 2.45) is 22.9 Å². The molecule has 11 nitrogen and oxygen atoms in total. The van der Waals surface area contributed by atoms with Gasteiger partial charge in [0, 0.05) is 49.0 Å². The highest BCUT2D eigenvalue weighted by Gasteiger charge is 2.65. The molecule has 2 N–H and O–H groups in total. The molecule has 6 atom stereocenters. The number of carbonyl (C=O) groups is 1. The molecule has 1 fully saturated rings. The average molecular weight is 1020 g/mol. The Morgan fingerprint density at radius 2 is 1.52 bits per heavy atom. The molecule has 4 aromatic carbocycles. The number of aliphatic hydroxyl groups is 2. The minimum Gasteiger partial charge on any atom is -0.459 e. The van der Waals surface area contributed by atoms with Crippen LogP contribution in [0.2, 0.25) is 0 Å². The normalized spacial score (nSPS) is 21.9. The molecule has 2 heterocycles. The minimum absolute atomic E-state index is 0.0172. The van der Waals surface area contributed by atoms with E-state index in [1.54, 1.807) is 17.8 Å². The fraction of sp³-hybridized carbons (Fsp3) is 0.508. The number of rotatable bonds is 30. The van der Waals surface area contributed by atoms with Crippen LogP contribution in [0, 0.1) is 17.8 Å². The predicted octanol–water partition coefficient (Wildman–Crippen LogP) is 13.7. The predicted molar refractivity (Wildman–Crippen MR) is 289 cm³/mol. The van der Waals surface area contributed by atoms with Crippen LogP contribution in [-0.4, -0.2) is 71.4 Å². The van der Waals surface area contributed by atoms with Crippen LogP contribution in [0.3, 0.4) is 0 Å². The maximum atomic E-state index is 15.5. The van der Waals surface area contributed by atoms with Gasteiger partial charge >= 0.3 is 0 Å². The molecule has 392 valence electrons. The molecule has 6 unspecified atom stereocenters. The Morgan fingerprint density at radius 1 is 0.808 bits per heavy atom. The topological polar surface area (TPSA) is 129 Å². The maximum Gasteiger partial charge on any atom is 0.239 e. The second kappa shape index (κ2) is 27.3. The van der Waals surface area contributed by atoms with Crippen molar-refractivity contribution in [2.45, 2.75) is 152 Å². The first kappa shape index (κ1) is 54.0. The summed E-state index contributed by atoms with van der Waals surface area (Å²) in [6.07, 6.45) is 21.9. The van der Waals surface area contributed by atoms with Crippen molar-refractivity contribution in [2.75, 3.05) is 32.9 Å². The van der Waals surface area contributed by atoms with E-state index in [0.717, 1.165) is 83.6 Å². The van der Waals surface area contributed by atoms with Crippen LogP contribution in [-0.2, 0) is 27.5 Å². The van der Waals surface area contributed by atoms with Gasteiger partial charge in [0.15, 0.2) is 11.5 Å². The van der Waals surface area contributed by atoms with E-state index in [4.69, 9.17) is 33.7 Å². The van der Waals surface area contributed by atoms with Gasteiger partial charge in [-0.15, -0.1) is 18.3 Å². The van der Waals surface area contributed by atoms with E-state index >= 15 is 4.79 Å². The lowest BCUT2D eigenvalue weighted by atomic mass is 9.55. The molecule has 2 aliphatic heterocycles. The average Bonchev–Trinajstić information content (AvgIpc) is 3.89. The van der Waals surface area contributed by atoms with Gasteiger partial charge in [-0.3, -0.25) is 4.79 Å². The zero-order valence-corrected chi connectivity index (χ0v) is 44.0. The fourth-order valence-electron chi connectivity index (χ4n) is 11.6. The second-order valence-corrected chi connectivity index (χ2v) is 21.0. The van der Waals surface area contributed by atoms with Gasteiger partial charge in [0.2, 0.25) is 18.5 Å². The molecule has 0 aromatic heterocycles. The minimum atomic E-state index is -1.40. The molecular formula is C61H78N2O9S. The summed E-state index contributed by atoms with van der Waals surface area (Å²) < 4.78 is 33.2. The first-order chi connectivity index (χ1) is 35.9. The third kappa shape index (κ3) is 13.5. The maximum absolute atomic E-state index is 15.5. The standard InChI is InChI=1S/C61H78N2O9S/c1-4-6-7-8-9-10-11-12-16-25-58(66)63(41-45-26-32-55-56(37-45)68-43-67-55)57-40-53(62-70-42-44-21-14-13-15-22-44)51-38-46(23-17-19-34-64)50(24-18-20-35-65)59-52-39-48(71-47-27-30-49(73-3)31-28-47)29-33-54(52)72-61(57,60(51)59)69-36-5-2/h5,13-15,21-22,26-33,37-39,46,50,57,59-60,64-65H,2,4,6-12,16-20,23-25,34-36,40-43H2,1,3H3. The molecule has 2 aliphatic carbocycles. The highest BCUT2D eigenvalue weighted by molar-refractivity contribution is 7.98. The Morgan fingerprint density at radius 3 is 2.26 bits per heavy atom. The Hall–Kier alpha value is -5.27. The molecule has 4 aromatic rings. The van der Waals surface area contributed by atoms with E-state index in [0.29, 0.717) is 48.7 Å². The molecule has 8 rings (SSSR count). The molecule has 0 saturated heterocycles. The number of benzene rings is 4. The number of hydrogen-bond donors (Lipinski definition) is 2.